The van der Waals surface area contributed by atoms with E-state index >= 15 is 0 Å². The van der Waals surface area contributed by atoms with Gasteiger partial charge < -0.3 is 5.11 Å². The van der Waals surface area contributed by atoms with Crippen LogP contribution in [-0.4, -0.2) is 22.6 Å². The van der Waals surface area contributed by atoms with E-state index in [1.807, 2.05) is 6.07 Å². The van der Waals surface area contributed by atoms with Crippen LogP contribution in [-0.2, 0) is 10.5 Å². The van der Waals surface area contributed by atoms with Gasteiger partial charge in [-0.1, -0.05) is 12.1 Å². The van der Waals surface area contributed by atoms with Gasteiger partial charge in [0.25, 0.3) is 0 Å². The number of Topliss-reactive ketones (excluding diaryl/α,β-unsaturated/α-hetero) is 1. The predicted octanol–water partition coefficient (Wildman–Crippen LogP) is 2.60. The number of benzene rings is 1. The Balaban J connectivity index is 2.45. The number of rotatable bonds is 6. The van der Waals surface area contributed by atoms with Crippen LogP contribution in [0.1, 0.15) is 29.3 Å². The number of aromatic carboxylic acids is 1. The van der Waals surface area contributed by atoms with E-state index in [-0.39, 0.29) is 5.78 Å². The maximum atomic E-state index is 10.7. The largest absolute Gasteiger partial charge is 0.478 e. The van der Waals surface area contributed by atoms with Gasteiger partial charge in [-0.15, -0.1) is 0 Å². The minimum absolute atomic E-state index is 0.187. The fraction of sp³-hybridized carbons (Fsp3) is 0.333. The van der Waals surface area contributed by atoms with Gasteiger partial charge >= 0.3 is 5.97 Å². The molecule has 16 heavy (non-hydrogen) atoms. The van der Waals surface area contributed by atoms with Crippen LogP contribution in [0.4, 0.5) is 0 Å². The summed E-state index contributed by atoms with van der Waals surface area (Å²) in [5.74, 6) is 0.809. The molecule has 0 spiro atoms. The normalized spacial score (nSPS) is 10.1. The Morgan fingerprint density at radius 2 is 2.12 bits per heavy atom. The minimum atomic E-state index is -0.907. The zero-order chi connectivity index (χ0) is 12.0. The lowest BCUT2D eigenvalue weighted by atomic mass is 10.1. The molecule has 0 unspecified atom stereocenters. The molecule has 0 radical (unpaired) electrons. The molecule has 0 aliphatic rings. The Bertz CT molecular complexity index is 388. The van der Waals surface area contributed by atoms with Crippen molar-refractivity contribution in [3.63, 3.8) is 0 Å². The molecule has 0 saturated carbocycles. The molecule has 0 aliphatic heterocycles. The summed E-state index contributed by atoms with van der Waals surface area (Å²) >= 11 is 1.64. The molecule has 0 bridgehead atoms. The van der Waals surface area contributed by atoms with Crippen LogP contribution in [0.15, 0.2) is 24.3 Å². The van der Waals surface area contributed by atoms with Gasteiger partial charge in [0.15, 0.2) is 0 Å². The first-order valence-corrected chi connectivity index (χ1v) is 6.14. The first-order chi connectivity index (χ1) is 7.59. The Hall–Kier alpha value is -1.29. The Morgan fingerprint density at radius 1 is 1.38 bits per heavy atom. The molecule has 1 aromatic rings. The summed E-state index contributed by atoms with van der Waals surface area (Å²) in [5, 5.41) is 8.80. The van der Waals surface area contributed by atoms with Crippen LogP contribution in [0.2, 0.25) is 0 Å². The second kappa shape index (κ2) is 6.33. The second-order valence-electron chi connectivity index (χ2n) is 3.51. The van der Waals surface area contributed by atoms with E-state index in [2.05, 4.69) is 0 Å². The van der Waals surface area contributed by atoms with Crippen LogP contribution in [0.5, 0.6) is 0 Å². The maximum Gasteiger partial charge on any atom is 0.335 e. The SMILES string of the molecule is CC(=O)CCSCc1cccc(C(=O)O)c1. The van der Waals surface area contributed by atoms with Gasteiger partial charge in [-0.2, -0.15) is 11.8 Å². The van der Waals surface area contributed by atoms with E-state index in [0.29, 0.717) is 12.0 Å². The lowest BCUT2D eigenvalue weighted by molar-refractivity contribution is -0.116. The summed E-state index contributed by atoms with van der Waals surface area (Å²) in [6.07, 6.45) is 0.573. The van der Waals surface area contributed by atoms with Gasteiger partial charge in [-0.25, -0.2) is 4.79 Å². The van der Waals surface area contributed by atoms with Crippen molar-refractivity contribution in [2.45, 2.75) is 19.1 Å². The average molecular weight is 238 g/mol. The van der Waals surface area contributed by atoms with E-state index < -0.39 is 5.97 Å². The third-order valence-electron chi connectivity index (χ3n) is 2.04. The quantitative estimate of drug-likeness (QED) is 0.774. The number of hydrogen-bond donors (Lipinski definition) is 1. The molecule has 0 aromatic heterocycles. The van der Waals surface area contributed by atoms with Crippen molar-refractivity contribution in [1.29, 1.82) is 0 Å². The molecule has 4 heteroatoms. The summed E-state index contributed by atoms with van der Waals surface area (Å²) in [5.41, 5.74) is 1.29. The molecule has 3 nitrogen and oxygen atoms in total. The molecular weight excluding hydrogens is 224 g/mol. The molecule has 0 amide bonds. The number of carbonyl (C=O) groups excluding carboxylic acids is 1. The van der Waals surface area contributed by atoms with Gasteiger partial charge in [0.05, 0.1) is 5.56 Å². The number of ketones is 1. The fourth-order valence-electron chi connectivity index (χ4n) is 1.20. The topological polar surface area (TPSA) is 54.4 Å². The maximum absolute atomic E-state index is 10.7. The molecule has 0 heterocycles. The third kappa shape index (κ3) is 4.49. The summed E-state index contributed by atoms with van der Waals surface area (Å²) in [6.45, 7) is 1.58. The van der Waals surface area contributed by atoms with Crippen LogP contribution in [0, 0.1) is 0 Å². The summed E-state index contributed by atoms with van der Waals surface area (Å²) < 4.78 is 0. The van der Waals surface area contributed by atoms with Gasteiger partial charge in [0.1, 0.15) is 5.78 Å². The number of carboxylic acids is 1. The molecule has 86 valence electrons. The Kier molecular flexibility index (Phi) is 5.05. The fourth-order valence-corrected chi connectivity index (χ4v) is 2.19. The summed E-state index contributed by atoms with van der Waals surface area (Å²) in [4.78, 5) is 21.4. The van der Waals surface area contributed by atoms with E-state index in [4.69, 9.17) is 5.11 Å². The van der Waals surface area contributed by atoms with Crippen LogP contribution >= 0.6 is 11.8 Å². The highest BCUT2D eigenvalue weighted by molar-refractivity contribution is 7.98. The summed E-state index contributed by atoms with van der Waals surface area (Å²) in [6, 6.07) is 6.88. The van der Waals surface area contributed by atoms with Gasteiger partial charge in [-0.05, 0) is 24.6 Å². The van der Waals surface area contributed by atoms with Crippen molar-refractivity contribution in [2.24, 2.45) is 0 Å². The van der Waals surface area contributed by atoms with E-state index in [1.54, 1.807) is 36.9 Å². The van der Waals surface area contributed by atoms with Crippen LogP contribution < -0.4 is 0 Å². The minimum Gasteiger partial charge on any atom is -0.478 e. The Morgan fingerprint density at radius 3 is 2.75 bits per heavy atom. The smallest absolute Gasteiger partial charge is 0.335 e. The zero-order valence-electron chi connectivity index (χ0n) is 9.10. The summed E-state index contributed by atoms with van der Waals surface area (Å²) in [7, 11) is 0. The highest BCUT2D eigenvalue weighted by Gasteiger charge is 2.03. The van der Waals surface area contributed by atoms with Crippen molar-refractivity contribution < 1.29 is 14.7 Å². The molecule has 1 N–H and O–H groups in total. The lowest BCUT2D eigenvalue weighted by Gasteiger charge is -2.02. The number of hydrogen-bond acceptors (Lipinski definition) is 3. The van der Waals surface area contributed by atoms with Crippen molar-refractivity contribution in [3.8, 4) is 0 Å². The highest BCUT2D eigenvalue weighted by atomic mass is 32.2. The van der Waals surface area contributed by atoms with Gasteiger partial charge in [0.2, 0.25) is 0 Å². The van der Waals surface area contributed by atoms with Crippen molar-refractivity contribution in [3.05, 3.63) is 35.4 Å². The van der Waals surface area contributed by atoms with E-state index in [1.165, 1.54) is 0 Å². The molecule has 1 aromatic carbocycles. The Labute approximate surface area is 98.9 Å². The monoisotopic (exact) mass is 238 g/mol. The van der Waals surface area contributed by atoms with Crippen LogP contribution in [0.3, 0.4) is 0 Å². The van der Waals surface area contributed by atoms with E-state index in [9.17, 15) is 9.59 Å². The number of carboxylic acid groups (broad SMARTS) is 1. The second-order valence-corrected chi connectivity index (χ2v) is 4.62. The van der Waals surface area contributed by atoms with Crippen molar-refractivity contribution >= 4 is 23.5 Å². The first-order valence-electron chi connectivity index (χ1n) is 4.99. The third-order valence-corrected chi connectivity index (χ3v) is 3.07. The molecule has 0 saturated heterocycles. The van der Waals surface area contributed by atoms with Crippen molar-refractivity contribution in [1.82, 2.24) is 0 Å². The number of carbonyl (C=O) groups is 2. The van der Waals surface area contributed by atoms with Crippen LogP contribution in [0.25, 0.3) is 0 Å². The molecule has 0 aliphatic carbocycles. The molecule has 0 fully saturated rings. The van der Waals surface area contributed by atoms with Crippen molar-refractivity contribution in [2.75, 3.05) is 5.75 Å². The molecular formula is C12H14O3S. The zero-order valence-corrected chi connectivity index (χ0v) is 9.92. The van der Waals surface area contributed by atoms with Gasteiger partial charge in [0, 0.05) is 17.9 Å². The number of thioether (sulfide) groups is 1. The average Bonchev–Trinajstić information content (AvgIpc) is 2.24. The van der Waals surface area contributed by atoms with E-state index in [0.717, 1.165) is 17.1 Å². The first kappa shape index (κ1) is 12.8. The highest BCUT2D eigenvalue weighted by Crippen LogP contribution is 2.14. The molecule has 0 atom stereocenters. The molecule has 1 rings (SSSR count). The predicted molar refractivity (Wildman–Crippen MR) is 64.9 cm³/mol. The standard InChI is InChI=1S/C12H14O3S/c1-9(13)5-6-16-8-10-3-2-4-11(7-10)12(14)15/h2-4,7H,5-6,8H2,1H3,(H,14,15). The lowest BCUT2D eigenvalue weighted by Crippen LogP contribution is -1.97. The van der Waals surface area contributed by atoms with Gasteiger partial charge in [-0.3, -0.25) is 4.79 Å².